The zero-order chi connectivity index (χ0) is 13.1. The fourth-order valence-electron chi connectivity index (χ4n) is 2.31. The van der Waals surface area contributed by atoms with Gasteiger partial charge in [0.05, 0.1) is 0 Å². The summed E-state index contributed by atoms with van der Waals surface area (Å²) in [6.07, 6.45) is 2.18. The highest BCUT2D eigenvalue weighted by atomic mass is 16.4. The fraction of sp³-hybridized carbons (Fsp3) is 0.538. The second kappa shape index (κ2) is 5.35. The maximum atomic E-state index is 10.9. The van der Waals surface area contributed by atoms with Crippen LogP contribution in [0.5, 0.6) is 0 Å². The van der Waals surface area contributed by atoms with Crippen LogP contribution in [-0.2, 0) is 0 Å². The Morgan fingerprint density at radius 3 is 2.72 bits per heavy atom. The molecule has 1 N–H and O–H groups in total. The zero-order valence-electron chi connectivity index (χ0n) is 10.8. The quantitative estimate of drug-likeness (QED) is 0.875. The first-order valence-corrected chi connectivity index (χ1v) is 6.19. The van der Waals surface area contributed by atoms with Crippen LogP contribution >= 0.6 is 0 Å². The van der Waals surface area contributed by atoms with E-state index in [0.29, 0.717) is 6.04 Å². The first-order valence-electron chi connectivity index (χ1n) is 6.19. The summed E-state index contributed by atoms with van der Waals surface area (Å²) in [6, 6.07) is 5.58. The molecule has 1 aromatic rings. The smallest absolute Gasteiger partial charge is 0.354 e. The van der Waals surface area contributed by atoms with Gasteiger partial charge in [0, 0.05) is 13.1 Å². The molecule has 2 rings (SSSR count). The molecule has 5 heteroatoms. The highest BCUT2D eigenvalue weighted by Gasteiger charge is 2.21. The van der Waals surface area contributed by atoms with E-state index in [1.54, 1.807) is 6.07 Å². The van der Waals surface area contributed by atoms with Gasteiger partial charge in [-0.25, -0.2) is 9.78 Å². The van der Waals surface area contributed by atoms with Crippen LogP contribution in [-0.4, -0.2) is 54.2 Å². The van der Waals surface area contributed by atoms with Crippen molar-refractivity contribution in [3.05, 3.63) is 23.9 Å². The summed E-state index contributed by atoms with van der Waals surface area (Å²) < 4.78 is 0. The third kappa shape index (κ3) is 2.79. The Kier molecular flexibility index (Phi) is 3.81. The molecule has 1 fully saturated rings. The van der Waals surface area contributed by atoms with Crippen molar-refractivity contribution in [3.8, 4) is 0 Å². The SMILES string of the molecule is CN1CCC(N(C)c2cccc(C(=O)O)n2)CC1. The summed E-state index contributed by atoms with van der Waals surface area (Å²) in [5, 5.41) is 8.95. The predicted octanol–water partition coefficient (Wildman–Crippen LogP) is 1.31. The second-order valence-electron chi connectivity index (χ2n) is 4.83. The molecule has 5 nitrogen and oxygen atoms in total. The lowest BCUT2D eigenvalue weighted by atomic mass is 10.0. The van der Waals surface area contributed by atoms with E-state index in [1.807, 2.05) is 13.1 Å². The first-order chi connectivity index (χ1) is 8.58. The molecule has 0 aliphatic carbocycles. The topological polar surface area (TPSA) is 56.7 Å². The number of aromatic carboxylic acids is 1. The number of piperidine rings is 1. The molecule has 1 aliphatic rings. The molecule has 0 unspecified atom stereocenters. The van der Waals surface area contributed by atoms with Crippen molar-refractivity contribution in [2.75, 3.05) is 32.1 Å². The summed E-state index contributed by atoms with van der Waals surface area (Å²) in [5.74, 6) is -0.238. The average molecular weight is 249 g/mol. The number of hydrogen-bond acceptors (Lipinski definition) is 4. The number of aromatic nitrogens is 1. The third-order valence-corrected chi connectivity index (χ3v) is 3.55. The van der Waals surface area contributed by atoms with Gasteiger partial charge in [-0.15, -0.1) is 0 Å². The molecule has 1 saturated heterocycles. The van der Waals surface area contributed by atoms with Crippen LogP contribution in [0.4, 0.5) is 5.82 Å². The molecule has 0 saturated carbocycles. The van der Waals surface area contributed by atoms with Crippen LogP contribution in [0, 0.1) is 0 Å². The second-order valence-corrected chi connectivity index (χ2v) is 4.83. The largest absolute Gasteiger partial charge is 0.477 e. The molecular formula is C13H19N3O2. The predicted molar refractivity (Wildman–Crippen MR) is 70.1 cm³/mol. The summed E-state index contributed by atoms with van der Waals surface area (Å²) in [7, 11) is 4.11. The maximum absolute atomic E-state index is 10.9. The average Bonchev–Trinajstić information content (AvgIpc) is 2.39. The van der Waals surface area contributed by atoms with Crippen LogP contribution in [0.1, 0.15) is 23.3 Å². The molecule has 18 heavy (non-hydrogen) atoms. The fourth-order valence-corrected chi connectivity index (χ4v) is 2.31. The Morgan fingerprint density at radius 1 is 1.44 bits per heavy atom. The zero-order valence-corrected chi connectivity index (χ0v) is 10.8. The highest BCUT2D eigenvalue weighted by molar-refractivity contribution is 5.85. The van der Waals surface area contributed by atoms with Crippen molar-refractivity contribution in [1.29, 1.82) is 0 Å². The summed E-state index contributed by atoms with van der Waals surface area (Å²) in [5.41, 5.74) is 0.104. The van der Waals surface area contributed by atoms with Gasteiger partial charge in [-0.3, -0.25) is 0 Å². The van der Waals surface area contributed by atoms with Gasteiger partial charge < -0.3 is 14.9 Å². The number of hydrogen-bond donors (Lipinski definition) is 1. The third-order valence-electron chi connectivity index (χ3n) is 3.55. The minimum Gasteiger partial charge on any atom is -0.477 e. The van der Waals surface area contributed by atoms with E-state index in [4.69, 9.17) is 5.11 Å². The first kappa shape index (κ1) is 12.8. The number of anilines is 1. The van der Waals surface area contributed by atoms with Gasteiger partial charge in [0.25, 0.3) is 0 Å². The van der Waals surface area contributed by atoms with Gasteiger partial charge in [-0.05, 0) is 45.1 Å². The molecule has 0 amide bonds. The molecule has 2 heterocycles. The molecule has 0 bridgehead atoms. The summed E-state index contributed by atoms with van der Waals surface area (Å²) >= 11 is 0. The molecular weight excluding hydrogens is 230 g/mol. The van der Waals surface area contributed by atoms with E-state index in [2.05, 4.69) is 21.8 Å². The van der Waals surface area contributed by atoms with Gasteiger partial charge in [-0.2, -0.15) is 0 Å². The Morgan fingerprint density at radius 2 is 2.11 bits per heavy atom. The van der Waals surface area contributed by atoms with Gasteiger partial charge in [0.15, 0.2) is 5.69 Å². The van der Waals surface area contributed by atoms with Crippen molar-refractivity contribution in [3.63, 3.8) is 0 Å². The van der Waals surface area contributed by atoms with Crippen molar-refractivity contribution >= 4 is 11.8 Å². The van der Waals surface area contributed by atoms with Crippen LogP contribution in [0.3, 0.4) is 0 Å². The Hall–Kier alpha value is -1.62. The number of likely N-dealkylation sites (tertiary alicyclic amines) is 1. The summed E-state index contributed by atoms with van der Waals surface area (Å²) in [4.78, 5) is 19.5. The molecule has 0 atom stereocenters. The molecule has 0 spiro atoms. The van der Waals surface area contributed by atoms with Crippen LogP contribution < -0.4 is 4.90 Å². The lowest BCUT2D eigenvalue weighted by molar-refractivity contribution is 0.0690. The number of carboxylic acids is 1. The lowest BCUT2D eigenvalue weighted by Crippen LogP contribution is -2.42. The minimum atomic E-state index is -0.978. The van der Waals surface area contributed by atoms with Gasteiger partial charge >= 0.3 is 5.97 Å². The number of nitrogens with zero attached hydrogens (tertiary/aromatic N) is 3. The van der Waals surface area contributed by atoms with Gasteiger partial charge in [0.2, 0.25) is 0 Å². The van der Waals surface area contributed by atoms with Crippen LogP contribution in [0.15, 0.2) is 18.2 Å². The number of carboxylic acid groups (broad SMARTS) is 1. The van der Waals surface area contributed by atoms with E-state index >= 15 is 0 Å². The lowest BCUT2D eigenvalue weighted by Gasteiger charge is -2.35. The Labute approximate surface area is 107 Å². The van der Waals surface area contributed by atoms with Crippen molar-refractivity contribution in [2.24, 2.45) is 0 Å². The number of carbonyl (C=O) groups is 1. The maximum Gasteiger partial charge on any atom is 0.354 e. The van der Waals surface area contributed by atoms with Crippen molar-refractivity contribution < 1.29 is 9.90 Å². The van der Waals surface area contributed by atoms with Crippen molar-refractivity contribution in [2.45, 2.75) is 18.9 Å². The molecule has 1 aromatic heterocycles. The highest BCUT2D eigenvalue weighted by Crippen LogP contribution is 2.20. The molecule has 1 aliphatic heterocycles. The Bertz CT molecular complexity index is 428. The molecule has 98 valence electrons. The monoisotopic (exact) mass is 249 g/mol. The minimum absolute atomic E-state index is 0.104. The number of pyridine rings is 1. The standard InChI is InChI=1S/C13H19N3O2/c1-15-8-6-10(7-9-15)16(2)12-5-3-4-11(14-12)13(17)18/h3-5,10H,6-9H2,1-2H3,(H,17,18). The van der Waals surface area contributed by atoms with Crippen molar-refractivity contribution in [1.82, 2.24) is 9.88 Å². The van der Waals surface area contributed by atoms with E-state index in [0.717, 1.165) is 31.7 Å². The Balaban J connectivity index is 2.10. The van der Waals surface area contributed by atoms with E-state index in [-0.39, 0.29) is 5.69 Å². The molecule has 0 radical (unpaired) electrons. The summed E-state index contributed by atoms with van der Waals surface area (Å²) in [6.45, 7) is 2.15. The molecule has 0 aromatic carbocycles. The van der Waals surface area contributed by atoms with Gasteiger partial charge in [0.1, 0.15) is 5.82 Å². The van der Waals surface area contributed by atoms with E-state index in [1.165, 1.54) is 6.07 Å². The van der Waals surface area contributed by atoms with Crippen LogP contribution in [0.2, 0.25) is 0 Å². The van der Waals surface area contributed by atoms with Crippen LogP contribution in [0.25, 0.3) is 0 Å². The van der Waals surface area contributed by atoms with Gasteiger partial charge in [-0.1, -0.05) is 6.07 Å². The van der Waals surface area contributed by atoms with E-state index < -0.39 is 5.97 Å². The van der Waals surface area contributed by atoms with E-state index in [9.17, 15) is 4.79 Å². The number of rotatable bonds is 3. The normalized spacial score (nSPS) is 17.7.